The van der Waals surface area contributed by atoms with E-state index >= 15 is 0 Å². The van der Waals surface area contributed by atoms with Gasteiger partial charge >= 0.3 is 23.5 Å². The molecule has 0 bridgehead atoms. The van der Waals surface area contributed by atoms with Gasteiger partial charge in [-0.1, -0.05) is 57.8 Å². The number of nitrogens with zero attached hydrogens (tertiary/aromatic N) is 3. The molecule has 3 unspecified atom stereocenters. The minimum atomic E-state index is -4.67. The first kappa shape index (κ1) is 113. The fourth-order valence-electron chi connectivity index (χ4n) is 14.7. The average Bonchev–Trinajstić information content (AvgIpc) is 0.809. The zero-order valence-corrected chi connectivity index (χ0v) is 77.1. The maximum absolute atomic E-state index is 13.9. The first-order valence-electron chi connectivity index (χ1n) is 43.6. The number of carbonyl (C=O) groups is 3. The molecule has 1 aromatic carbocycles. The molecular formula is C78H144N6O42P3+3. The minimum absolute atomic E-state index is 0.0456. The number of phosphoric acid groups is 3. The van der Waals surface area contributed by atoms with E-state index in [0.717, 1.165) is 0 Å². The molecule has 0 saturated carbocycles. The van der Waals surface area contributed by atoms with Gasteiger partial charge in [-0.15, -0.1) is 0 Å². The highest BCUT2D eigenvalue weighted by Gasteiger charge is 2.53. The molecule has 750 valence electrons. The molecule has 6 aliphatic rings. The third-order valence-electron chi connectivity index (χ3n) is 22.8. The maximum Gasteiger partial charge on any atom is 0.472 e. The van der Waals surface area contributed by atoms with E-state index in [2.05, 4.69) is 16.0 Å². The van der Waals surface area contributed by atoms with E-state index in [9.17, 15) is 135 Å². The molecule has 0 spiro atoms. The molecule has 0 aromatic heterocycles. The van der Waals surface area contributed by atoms with Crippen LogP contribution in [0, 0.1) is 0 Å². The van der Waals surface area contributed by atoms with Gasteiger partial charge in [-0.05, 0) is 56.7 Å². The van der Waals surface area contributed by atoms with E-state index in [1.807, 2.05) is 63.4 Å². The van der Waals surface area contributed by atoms with Crippen LogP contribution in [0.3, 0.4) is 0 Å². The molecule has 48 nitrogen and oxygen atoms in total. The molecule has 6 heterocycles. The Labute approximate surface area is 749 Å². The van der Waals surface area contributed by atoms with Crippen LogP contribution in [-0.2, 0) is 83.5 Å². The van der Waals surface area contributed by atoms with Gasteiger partial charge in [-0.25, -0.2) is 13.7 Å². The molecule has 6 saturated heterocycles. The molecule has 0 aliphatic carbocycles. The van der Waals surface area contributed by atoms with E-state index in [1.54, 1.807) is 0 Å². The molecule has 7 rings (SSSR count). The van der Waals surface area contributed by atoms with Crippen LogP contribution in [0.1, 0.15) is 127 Å². The summed E-state index contributed by atoms with van der Waals surface area (Å²) in [6.45, 7) is -3.20. The predicted molar refractivity (Wildman–Crippen MR) is 445 cm³/mol. The lowest BCUT2D eigenvalue weighted by atomic mass is 9.92. The Kier molecular flexibility index (Phi) is 45.4. The number of phosphoric ester groups is 3. The van der Waals surface area contributed by atoms with Gasteiger partial charge in [0.2, 0.25) is 0 Å². The topological polar surface area (TPSA) is 702 Å². The zero-order chi connectivity index (χ0) is 95.8. The highest BCUT2D eigenvalue weighted by Crippen LogP contribution is 2.47. The first-order chi connectivity index (χ1) is 60.3. The fourth-order valence-corrected chi connectivity index (χ4v) is 16.8. The zero-order valence-electron chi connectivity index (χ0n) is 74.4. The van der Waals surface area contributed by atoms with Crippen molar-refractivity contribution in [3.8, 4) is 0 Å². The number of rotatable bonds is 54. The number of hydrogen-bond acceptors (Lipinski definition) is 39. The summed E-state index contributed by atoms with van der Waals surface area (Å²) < 4.78 is 120. The molecule has 6 fully saturated rings. The van der Waals surface area contributed by atoms with Crippen molar-refractivity contribution < 1.29 is 218 Å². The van der Waals surface area contributed by atoms with Crippen LogP contribution in [0.5, 0.6) is 0 Å². The summed E-state index contributed by atoms with van der Waals surface area (Å²) >= 11 is 0. The lowest BCUT2D eigenvalue weighted by Gasteiger charge is -2.43. The van der Waals surface area contributed by atoms with Gasteiger partial charge in [0.25, 0.3) is 17.7 Å². The summed E-state index contributed by atoms with van der Waals surface area (Å²) in [5.74, 6) is -1.92. The molecular weight excluding hydrogens is 1790 g/mol. The number of nitrogens with one attached hydrogen (secondary N) is 3. The van der Waals surface area contributed by atoms with Crippen LogP contribution in [0.2, 0.25) is 0 Å². The molecule has 24 N–H and O–H groups in total. The highest BCUT2D eigenvalue weighted by atomic mass is 31.2. The molecule has 1 aromatic rings. The minimum Gasteiger partial charge on any atom is -0.388 e. The Balaban J connectivity index is 0.891. The van der Waals surface area contributed by atoms with E-state index in [0.29, 0.717) is 110 Å². The van der Waals surface area contributed by atoms with Crippen molar-refractivity contribution in [2.24, 2.45) is 0 Å². The van der Waals surface area contributed by atoms with Crippen molar-refractivity contribution in [2.45, 2.75) is 280 Å². The van der Waals surface area contributed by atoms with Crippen LogP contribution in [-0.4, -0.2) is 484 Å². The summed E-state index contributed by atoms with van der Waals surface area (Å²) in [5.41, 5.74) is -0.137. The van der Waals surface area contributed by atoms with Gasteiger partial charge < -0.3 is 179 Å². The Hall–Kier alpha value is -3.24. The second-order valence-corrected chi connectivity index (χ2v) is 41.0. The van der Waals surface area contributed by atoms with Crippen LogP contribution in [0.4, 0.5) is 0 Å². The number of quaternary nitrogens is 3. The molecule has 6 aliphatic heterocycles. The fraction of sp³-hybridized carbons (Fsp3) is 0.885. The summed E-state index contributed by atoms with van der Waals surface area (Å²) in [4.78, 5) is 72.4. The number of amides is 3. The molecule has 3 amide bonds. The van der Waals surface area contributed by atoms with Crippen molar-refractivity contribution in [1.29, 1.82) is 0 Å². The number of benzene rings is 1. The molecule has 129 heavy (non-hydrogen) atoms. The van der Waals surface area contributed by atoms with Gasteiger partial charge in [-0.2, -0.15) is 0 Å². The van der Waals surface area contributed by atoms with E-state index in [4.69, 9.17) is 69.8 Å². The third kappa shape index (κ3) is 36.2. The Morgan fingerprint density at radius 3 is 0.705 bits per heavy atom. The van der Waals surface area contributed by atoms with Crippen molar-refractivity contribution in [3.05, 3.63) is 34.9 Å². The van der Waals surface area contributed by atoms with Gasteiger partial charge in [-0.3, -0.25) is 41.5 Å². The van der Waals surface area contributed by atoms with Crippen molar-refractivity contribution in [3.63, 3.8) is 0 Å². The van der Waals surface area contributed by atoms with E-state index in [-0.39, 0.29) is 75.4 Å². The largest absolute Gasteiger partial charge is 0.472 e. The summed E-state index contributed by atoms with van der Waals surface area (Å²) in [5, 5.41) is 202. The summed E-state index contributed by atoms with van der Waals surface area (Å²) in [7, 11) is 2.45. The smallest absolute Gasteiger partial charge is 0.388 e. The van der Waals surface area contributed by atoms with Gasteiger partial charge in [0.05, 0.1) is 121 Å². The van der Waals surface area contributed by atoms with Gasteiger partial charge in [0, 0.05) is 36.3 Å². The number of aliphatic hydroxyl groups excluding tert-OH is 18. The summed E-state index contributed by atoms with van der Waals surface area (Å²) in [6.07, 6.45) is -42.5. The average molecular weight is 1930 g/mol. The first-order valence-corrected chi connectivity index (χ1v) is 48.1. The van der Waals surface area contributed by atoms with Gasteiger partial charge in [0.15, 0.2) is 18.9 Å². The van der Waals surface area contributed by atoms with Crippen LogP contribution >= 0.6 is 23.5 Å². The number of hydrogen-bond donors (Lipinski definition) is 24. The van der Waals surface area contributed by atoms with Crippen molar-refractivity contribution in [2.75, 3.05) is 162 Å². The number of unbranched alkanes of at least 4 members (excludes halogenated alkanes) is 9. The quantitative estimate of drug-likeness (QED) is 0.0164. The Morgan fingerprint density at radius 1 is 0.279 bits per heavy atom. The van der Waals surface area contributed by atoms with E-state index < -0.39 is 265 Å². The summed E-state index contributed by atoms with van der Waals surface area (Å²) in [6, 6.07) is 3.94. The van der Waals surface area contributed by atoms with E-state index in [1.165, 1.54) is 18.2 Å². The molecule has 51 heteroatoms. The number of likely N-dealkylation sites (N-methyl/N-ethyl adjacent to an activating group) is 3. The highest BCUT2D eigenvalue weighted by molar-refractivity contribution is 7.47. The van der Waals surface area contributed by atoms with Crippen LogP contribution in [0.25, 0.3) is 0 Å². The van der Waals surface area contributed by atoms with Crippen molar-refractivity contribution >= 4 is 41.2 Å². The van der Waals surface area contributed by atoms with Crippen molar-refractivity contribution in [1.82, 2.24) is 16.0 Å². The monoisotopic (exact) mass is 1930 g/mol. The Bertz CT molecular complexity index is 3300. The second-order valence-electron chi connectivity index (χ2n) is 36.6. The normalized spacial score (nSPS) is 35.2. The molecule has 0 radical (unpaired) electrons. The van der Waals surface area contributed by atoms with Crippen LogP contribution in [0.15, 0.2) is 18.2 Å². The molecule has 33 atom stereocenters. The number of aliphatic hydroxyl groups is 18. The number of ether oxygens (including phenoxy) is 9. The van der Waals surface area contributed by atoms with Crippen LogP contribution < -0.4 is 16.0 Å². The van der Waals surface area contributed by atoms with Gasteiger partial charge in [0.1, 0.15) is 186 Å². The third-order valence-corrected chi connectivity index (χ3v) is 25.7. The SMILES string of the molecule is C[N+](C)(C)CCOP(=O)(O)OC[C@H]1O[C@@H](OC[C@H]2O[C@@H](CCCCCCNC(=O)c3cc(C(=O)NCCCCCC[C@@H]4O[C@H](CO[C@@H]5O[C@H](COP(=O)(O)OCC[N+](C)(C)C)[C@H](O)[C@H](O)[C@H]5O)[C@H](O)[C@H](O)[C@H]4O)cc(C(=O)NCCCCCC[C@@H]4O[C@H](CO[C@@H]5O[C@H](COP(=O)(O)OCC[N+](C)(C)C)[C@H](O)[C@H](O)[C@H]5O)[C@H](O)[C@H](O)[C@H]4O)c3)[C@H](O)[C@@H](O)[C@H]2O)[C@H](O)[C@@H](O)[C@H]1O. The number of carbonyl (C=O) groups excluding carboxylic acids is 3. The lowest BCUT2D eigenvalue weighted by molar-refractivity contribution is -0.870. The standard InChI is InChI=1S/C78H141N6O42P3/c1-82(2,3)28-31-115-127(106,107)118-40-52-61(91)67(97)70(100)76(124-52)112-37-49-58(88)64(94)55(85)46(121-49)22-16-10-13-19-25-79-73(103)43-34-44(74(104)80-26-20-14-11-17-23-47-56(86)65(95)59(89)50(122-47)38-113-77-71(101)68(98)62(92)53(125-77)41-119-128(108,109)116-32-29-83(4,5)6)36-45(35-43)75(105)81-27-21-15-12-18-24-48-57(87)66(96)60(90)51(123-48)39-114-78-72(102)69(99)63(93)54(126-78)42-120-129(110,111)117-33-30-84(7,8)9/h34-36,46-72,76-78,85-102H,10-33,37-42H2,1-9H3,(H3-3,79,80,81,103,104,105,106,107,108,109,110,111)/p+3/t46-,47-,48-,49+,50+,51+,52+,53+,54+,55-,56-,57-,58-,59-,60-,61-,62-,63-,64+,65+,66+,67-,68-,69-,70+,71+,72+,76+,77+,78+/m0/s1. The predicted octanol–water partition coefficient (Wildman–Crippen LogP) is -6.73. The Morgan fingerprint density at radius 2 is 0.481 bits per heavy atom. The second kappa shape index (κ2) is 52.0. The lowest BCUT2D eigenvalue weighted by Crippen LogP contribution is -2.61. The maximum atomic E-state index is 13.9.